The SMILES string of the molecule is CNC(=O)CCCN(CCN)CCOC. The molecule has 1 amide bonds. The number of carbonyl (C=O) groups excluding carboxylic acids is 1. The number of nitrogens with zero attached hydrogens (tertiary/aromatic N) is 1. The van der Waals surface area contributed by atoms with Crippen molar-refractivity contribution in [2.24, 2.45) is 5.73 Å². The molecule has 0 aromatic heterocycles. The lowest BCUT2D eigenvalue weighted by molar-refractivity contribution is -0.120. The standard InChI is InChI=1S/C10H23N3O2/c1-12-10(14)4-3-6-13(7-5-11)8-9-15-2/h3-9,11H2,1-2H3,(H,12,14). The predicted octanol–water partition coefficient (Wildman–Crippen LogP) is -0.580. The highest BCUT2D eigenvalue weighted by Gasteiger charge is 2.04. The van der Waals surface area contributed by atoms with Crippen LogP contribution in [0.4, 0.5) is 0 Å². The van der Waals surface area contributed by atoms with E-state index >= 15 is 0 Å². The molecule has 0 saturated heterocycles. The molecular formula is C10H23N3O2. The fraction of sp³-hybridized carbons (Fsp3) is 0.900. The Morgan fingerprint density at radius 3 is 2.67 bits per heavy atom. The summed E-state index contributed by atoms with van der Waals surface area (Å²) in [6, 6.07) is 0. The van der Waals surface area contributed by atoms with Gasteiger partial charge < -0.3 is 15.8 Å². The van der Waals surface area contributed by atoms with Crippen molar-refractivity contribution in [1.29, 1.82) is 0 Å². The predicted molar refractivity (Wildman–Crippen MR) is 60.7 cm³/mol. The van der Waals surface area contributed by atoms with Crippen molar-refractivity contribution in [3.05, 3.63) is 0 Å². The zero-order valence-electron chi connectivity index (χ0n) is 9.79. The van der Waals surface area contributed by atoms with Crippen molar-refractivity contribution in [3.63, 3.8) is 0 Å². The van der Waals surface area contributed by atoms with Crippen LogP contribution in [0.5, 0.6) is 0 Å². The second-order valence-corrected chi connectivity index (χ2v) is 3.40. The van der Waals surface area contributed by atoms with Crippen LogP contribution in [0.2, 0.25) is 0 Å². The normalized spacial score (nSPS) is 10.7. The maximum atomic E-state index is 11.0. The molecule has 0 heterocycles. The van der Waals surface area contributed by atoms with Gasteiger partial charge in [-0.25, -0.2) is 0 Å². The van der Waals surface area contributed by atoms with Gasteiger partial charge in [-0.05, 0) is 13.0 Å². The third-order valence-electron chi connectivity index (χ3n) is 2.21. The lowest BCUT2D eigenvalue weighted by Crippen LogP contribution is -2.33. The lowest BCUT2D eigenvalue weighted by atomic mass is 10.2. The van der Waals surface area contributed by atoms with Gasteiger partial charge in [-0.2, -0.15) is 0 Å². The molecule has 0 radical (unpaired) electrons. The number of methoxy groups -OCH3 is 1. The van der Waals surface area contributed by atoms with Crippen LogP contribution in [0, 0.1) is 0 Å². The van der Waals surface area contributed by atoms with Gasteiger partial charge >= 0.3 is 0 Å². The van der Waals surface area contributed by atoms with E-state index < -0.39 is 0 Å². The molecule has 0 aromatic carbocycles. The van der Waals surface area contributed by atoms with Gasteiger partial charge in [-0.1, -0.05) is 0 Å². The van der Waals surface area contributed by atoms with Gasteiger partial charge in [0, 0.05) is 40.2 Å². The molecule has 0 unspecified atom stereocenters. The van der Waals surface area contributed by atoms with Crippen LogP contribution in [0.3, 0.4) is 0 Å². The topological polar surface area (TPSA) is 67.6 Å². The summed E-state index contributed by atoms with van der Waals surface area (Å²) in [7, 11) is 3.34. The smallest absolute Gasteiger partial charge is 0.219 e. The summed E-state index contributed by atoms with van der Waals surface area (Å²) in [6.07, 6.45) is 1.44. The van der Waals surface area contributed by atoms with Crippen LogP contribution in [0.25, 0.3) is 0 Å². The number of nitrogens with two attached hydrogens (primary N) is 1. The highest BCUT2D eigenvalue weighted by atomic mass is 16.5. The van der Waals surface area contributed by atoms with E-state index in [2.05, 4.69) is 10.2 Å². The first-order valence-electron chi connectivity index (χ1n) is 5.36. The second kappa shape index (κ2) is 9.89. The first kappa shape index (κ1) is 14.3. The minimum absolute atomic E-state index is 0.0921. The largest absolute Gasteiger partial charge is 0.383 e. The molecule has 5 heteroatoms. The molecule has 0 spiro atoms. The van der Waals surface area contributed by atoms with E-state index in [-0.39, 0.29) is 5.91 Å². The number of ether oxygens (including phenoxy) is 1. The Morgan fingerprint density at radius 1 is 1.40 bits per heavy atom. The number of hydrogen-bond donors (Lipinski definition) is 2. The summed E-state index contributed by atoms with van der Waals surface area (Å²) in [4.78, 5) is 13.2. The molecule has 15 heavy (non-hydrogen) atoms. The molecule has 90 valence electrons. The molecule has 0 aliphatic carbocycles. The highest BCUT2D eigenvalue weighted by molar-refractivity contribution is 5.75. The highest BCUT2D eigenvalue weighted by Crippen LogP contribution is 1.95. The van der Waals surface area contributed by atoms with Crippen LogP contribution in [0.1, 0.15) is 12.8 Å². The van der Waals surface area contributed by atoms with Gasteiger partial charge in [0.25, 0.3) is 0 Å². The summed E-state index contributed by atoms with van der Waals surface area (Å²) in [5.74, 6) is 0.0921. The molecule has 0 aromatic rings. The zero-order valence-corrected chi connectivity index (χ0v) is 9.79. The quantitative estimate of drug-likeness (QED) is 0.542. The van der Waals surface area contributed by atoms with Crippen LogP contribution >= 0.6 is 0 Å². The molecule has 0 saturated carbocycles. The Kier molecular flexibility index (Phi) is 9.46. The van der Waals surface area contributed by atoms with E-state index in [1.807, 2.05) is 0 Å². The Hall–Kier alpha value is -0.650. The molecule has 0 aliphatic rings. The maximum Gasteiger partial charge on any atom is 0.219 e. The summed E-state index contributed by atoms with van der Waals surface area (Å²) in [6.45, 7) is 3.98. The maximum absolute atomic E-state index is 11.0. The number of nitrogens with one attached hydrogen (secondary N) is 1. The fourth-order valence-electron chi connectivity index (χ4n) is 1.33. The minimum Gasteiger partial charge on any atom is -0.383 e. The molecule has 3 N–H and O–H groups in total. The van der Waals surface area contributed by atoms with Gasteiger partial charge in [0.15, 0.2) is 0 Å². The van der Waals surface area contributed by atoms with Gasteiger partial charge in [0.1, 0.15) is 0 Å². The van der Waals surface area contributed by atoms with Crippen molar-refractivity contribution >= 4 is 5.91 Å². The van der Waals surface area contributed by atoms with Crippen molar-refractivity contribution in [1.82, 2.24) is 10.2 Å². The fourth-order valence-corrected chi connectivity index (χ4v) is 1.33. The third-order valence-corrected chi connectivity index (χ3v) is 2.21. The van der Waals surface area contributed by atoms with E-state index in [1.54, 1.807) is 14.2 Å². The summed E-state index contributed by atoms with van der Waals surface area (Å²) in [5, 5.41) is 2.61. The number of rotatable bonds is 9. The Balaban J connectivity index is 3.60. The van der Waals surface area contributed by atoms with E-state index in [0.29, 0.717) is 19.6 Å². The van der Waals surface area contributed by atoms with Crippen LogP contribution < -0.4 is 11.1 Å². The number of amides is 1. The molecule has 0 bridgehead atoms. The Labute approximate surface area is 91.9 Å². The average molecular weight is 217 g/mol. The molecule has 5 nitrogen and oxygen atoms in total. The lowest BCUT2D eigenvalue weighted by Gasteiger charge is -2.20. The van der Waals surface area contributed by atoms with E-state index in [1.165, 1.54) is 0 Å². The third kappa shape index (κ3) is 8.35. The van der Waals surface area contributed by atoms with Crippen molar-refractivity contribution in [2.75, 3.05) is 46.9 Å². The van der Waals surface area contributed by atoms with Crippen LogP contribution in [-0.2, 0) is 9.53 Å². The van der Waals surface area contributed by atoms with Gasteiger partial charge in [0.05, 0.1) is 6.61 Å². The Morgan fingerprint density at radius 2 is 2.13 bits per heavy atom. The first-order valence-corrected chi connectivity index (χ1v) is 5.36. The van der Waals surface area contributed by atoms with E-state index in [4.69, 9.17) is 10.5 Å². The second-order valence-electron chi connectivity index (χ2n) is 3.40. The van der Waals surface area contributed by atoms with Crippen molar-refractivity contribution < 1.29 is 9.53 Å². The monoisotopic (exact) mass is 217 g/mol. The molecule has 0 atom stereocenters. The molecular weight excluding hydrogens is 194 g/mol. The van der Waals surface area contributed by atoms with Crippen molar-refractivity contribution in [2.45, 2.75) is 12.8 Å². The van der Waals surface area contributed by atoms with Gasteiger partial charge in [-0.15, -0.1) is 0 Å². The zero-order chi connectivity index (χ0) is 11.5. The van der Waals surface area contributed by atoms with Gasteiger partial charge in [0.2, 0.25) is 5.91 Å². The Bertz CT molecular complexity index is 165. The van der Waals surface area contributed by atoms with Crippen LogP contribution in [0.15, 0.2) is 0 Å². The molecule has 0 aliphatic heterocycles. The average Bonchev–Trinajstić information content (AvgIpc) is 2.25. The number of hydrogen-bond acceptors (Lipinski definition) is 4. The van der Waals surface area contributed by atoms with Crippen molar-refractivity contribution in [3.8, 4) is 0 Å². The molecule has 0 rings (SSSR count). The summed E-state index contributed by atoms with van der Waals surface area (Å²) in [5.41, 5.74) is 5.50. The number of carbonyl (C=O) groups is 1. The van der Waals surface area contributed by atoms with E-state index in [0.717, 1.165) is 26.1 Å². The van der Waals surface area contributed by atoms with Gasteiger partial charge in [-0.3, -0.25) is 9.69 Å². The minimum atomic E-state index is 0.0921. The summed E-state index contributed by atoms with van der Waals surface area (Å²) >= 11 is 0. The first-order chi connectivity index (χ1) is 7.24. The van der Waals surface area contributed by atoms with Crippen LogP contribution in [-0.4, -0.2) is 57.8 Å². The summed E-state index contributed by atoms with van der Waals surface area (Å²) < 4.78 is 5.01. The van der Waals surface area contributed by atoms with E-state index in [9.17, 15) is 4.79 Å². The molecule has 0 fully saturated rings.